The molecule has 0 aromatic carbocycles. The number of aromatic nitrogens is 4. The maximum absolute atomic E-state index is 12.9. The van der Waals surface area contributed by atoms with Crippen molar-refractivity contribution in [1.82, 2.24) is 19.3 Å². The van der Waals surface area contributed by atoms with E-state index in [2.05, 4.69) is 29.4 Å². The third-order valence-electron chi connectivity index (χ3n) is 3.92. The number of nitrogens with zero attached hydrogens (tertiary/aromatic N) is 4. The first kappa shape index (κ1) is 20.7. The minimum Gasteiger partial charge on any atom is -0.484 e. The van der Waals surface area contributed by atoms with E-state index >= 15 is 0 Å². The molecular weight excluding hydrogens is 441 g/mol. The number of ether oxygens (including phenoxy) is 3. The molecule has 4 heterocycles. The molecule has 14 heteroatoms. The van der Waals surface area contributed by atoms with Gasteiger partial charge in [0, 0.05) is 17.7 Å². The Morgan fingerprint density at radius 3 is 2.68 bits per heavy atom. The van der Waals surface area contributed by atoms with Crippen molar-refractivity contribution in [2.75, 3.05) is 18.5 Å². The molecule has 1 saturated heterocycles. The summed E-state index contributed by atoms with van der Waals surface area (Å²) in [5.74, 6) is 0.163. The van der Waals surface area contributed by atoms with Gasteiger partial charge in [0.05, 0.1) is 25.0 Å². The summed E-state index contributed by atoms with van der Waals surface area (Å²) in [4.78, 5) is 23.2. The van der Waals surface area contributed by atoms with Crippen molar-refractivity contribution in [2.24, 2.45) is 5.73 Å². The lowest BCUT2D eigenvalue weighted by Gasteiger charge is -2.26. The number of pyridine rings is 2. The van der Waals surface area contributed by atoms with Crippen molar-refractivity contribution in [1.29, 1.82) is 0 Å². The number of amides is 1. The highest BCUT2D eigenvalue weighted by Gasteiger charge is 2.32. The second-order valence-corrected chi connectivity index (χ2v) is 6.95. The van der Waals surface area contributed by atoms with Crippen LogP contribution in [0.1, 0.15) is 5.56 Å². The summed E-state index contributed by atoms with van der Waals surface area (Å²) < 4.78 is 58.2. The van der Waals surface area contributed by atoms with E-state index in [0.29, 0.717) is 36.9 Å². The van der Waals surface area contributed by atoms with Gasteiger partial charge < -0.3 is 25.3 Å². The van der Waals surface area contributed by atoms with Crippen molar-refractivity contribution < 1.29 is 32.2 Å². The highest BCUT2D eigenvalue weighted by molar-refractivity contribution is 7.09. The molecule has 1 fully saturated rings. The summed E-state index contributed by atoms with van der Waals surface area (Å²) in [5.41, 5.74) is 4.28. The van der Waals surface area contributed by atoms with E-state index < -0.39 is 23.6 Å². The van der Waals surface area contributed by atoms with E-state index in [1.807, 2.05) is 0 Å². The zero-order valence-corrected chi connectivity index (χ0v) is 16.2. The van der Waals surface area contributed by atoms with Crippen molar-refractivity contribution in [3.63, 3.8) is 0 Å². The summed E-state index contributed by atoms with van der Waals surface area (Å²) in [6.45, 7) is 1.06. The third kappa shape index (κ3) is 4.97. The largest absolute Gasteiger partial charge is 0.484 e. The second kappa shape index (κ2) is 8.31. The fourth-order valence-electron chi connectivity index (χ4n) is 2.42. The number of carbonyl (C=O) groups is 1. The first-order valence-electron chi connectivity index (χ1n) is 8.64. The Morgan fingerprint density at radius 2 is 2.06 bits per heavy atom. The average molecular weight is 454 g/mol. The summed E-state index contributed by atoms with van der Waals surface area (Å²) in [5, 5.41) is 2.85. The number of nitrogens with two attached hydrogens (primary N) is 1. The van der Waals surface area contributed by atoms with Gasteiger partial charge in [0.15, 0.2) is 17.4 Å². The number of hydrogen-bond acceptors (Lipinski definition) is 10. The molecule has 1 amide bonds. The predicted molar refractivity (Wildman–Crippen MR) is 101 cm³/mol. The molecule has 3 aromatic rings. The van der Waals surface area contributed by atoms with Crippen LogP contribution in [-0.2, 0) is 10.9 Å². The van der Waals surface area contributed by atoms with Crippen molar-refractivity contribution >= 4 is 28.6 Å². The standard InChI is InChI=1S/C17H13F3N6O4S/c18-17(19,20)8-3-12(30-15(21)27)14(23-4-8)25-16-24-13(26-31-16)11-2-1-9(5-22-11)29-10-6-28-7-10/h1-5,10H,6-7H2,(H2,21,27)(H,23,24,25,26). The number of anilines is 2. The smallest absolute Gasteiger partial charge is 0.418 e. The van der Waals surface area contributed by atoms with E-state index in [9.17, 15) is 18.0 Å². The molecular formula is C17H13F3N6O4S. The van der Waals surface area contributed by atoms with Crippen LogP contribution in [0.25, 0.3) is 11.5 Å². The minimum absolute atomic E-state index is 0.00824. The maximum Gasteiger partial charge on any atom is 0.418 e. The van der Waals surface area contributed by atoms with Gasteiger partial charge >= 0.3 is 12.3 Å². The van der Waals surface area contributed by atoms with Crippen molar-refractivity contribution in [3.05, 3.63) is 36.2 Å². The molecule has 1 aliphatic heterocycles. The quantitative estimate of drug-likeness (QED) is 0.576. The highest BCUT2D eigenvalue weighted by Crippen LogP contribution is 2.35. The van der Waals surface area contributed by atoms with Gasteiger partial charge in [-0.25, -0.2) is 14.8 Å². The topological polar surface area (TPSA) is 134 Å². The molecule has 0 bridgehead atoms. The first-order chi connectivity index (χ1) is 14.8. The molecule has 0 atom stereocenters. The van der Waals surface area contributed by atoms with Crippen LogP contribution < -0.4 is 20.5 Å². The number of rotatable bonds is 6. The Labute approximate surface area is 176 Å². The Kier molecular flexibility index (Phi) is 5.56. The molecule has 162 valence electrons. The Bertz CT molecular complexity index is 1090. The van der Waals surface area contributed by atoms with E-state index in [4.69, 9.17) is 15.2 Å². The monoisotopic (exact) mass is 454 g/mol. The zero-order valence-electron chi connectivity index (χ0n) is 15.4. The molecule has 4 rings (SSSR count). The molecule has 3 aromatic heterocycles. The summed E-state index contributed by atoms with van der Waals surface area (Å²) in [6, 6.07) is 3.99. The van der Waals surface area contributed by atoms with Gasteiger partial charge in [0.25, 0.3) is 0 Å². The summed E-state index contributed by atoms with van der Waals surface area (Å²) >= 11 is 0.910. The third-order valence-corrected chi connectivity index (χ3v) is 4.55. The van der Waals surface area contributed by atoms with Gasteiger partial charge in [-0.3, -0.25) is 0 Å². The van der Waals surface area contributed by atoms with Gasteiger partial charge in [0.2, 0.25) is 5.13 Å². The first-order valence-corrected chi connectivity index (χ1v) is 9.41. The van der Waals surface area contributed by atoms with Gasteiger partial charge in [-0.2, -0.15) is 22.5 Å². The number of alkyl halides is 3. The number of halogens is 3. The molecule has 10 nitrogen and oxygen atoms in total. The normalized spacial score (nSPS) is 14.0. The maximum atomic E-state index is 12.9. The van der Waals surface area contributed by atoms with Crippen molar-refractivity contribution in [2.45, 2.75) is 12.3 Å². The van der Waals surface area contributed by atoms with E-state index in [-0.39, 0.29) is 22.9 Å². The lowest BCUT2D eigenvalue weighted by molar-refractivity contribution is -0.137. The Hall–Kier alpha value is -3.52. The second-order valence-electron chi connectivity index (χ2n) is 6.19. The minimum atomic E-state index is -4.68. The number of nitrogens with one attached hydrogen (secondary N) is 1. The number of carbonyl (C=O) groups excluding carboxylic acids is 1. The van der Waals surface area contributed by atoms with Crippen LogP contribution in [0, 0.1) is 0 Å². The molecule has 1 aliphatic rings. The number of hydrogen-bond donors (Lipinski definition) is 2. The summed E-state index contributed by atoms with van der Waals surface area (Å²) in [6.07, 6.45) is -3.84. The predicted octanol–water partition coefficient (Wildman–Crippen LogP) is 2.99. The summed E-state index contributed by atoms with van der Waals surface area (Å²) in [7, 11) is 0. The average Bonchev–Trinajstić information content (AvgIpc) is 3.14. The molecule has 0 saturated carbocycles. The molecule has 0 aliphatic carbocycles. The number of primary amides is 1. The van der Waals surface area contributed by atoms with Crippen LogP contribution in [0.4, 0.5) is 28.9 Å². The highest BCUT2D eigenvalue weighted by atomic mass is 32.1. The van der Waals surface area contributed by atoms with Crippen LogP contribution in [0.15, 0.2) is 30.6 Å². The lowest BCUT2D eigenvalue weighted by Crippen LogP contribution is -2.38. The fourth-order valence-corrected chi connectivity index (χ4v) is 2.99. The SMILES string of the molecule is NC(=O)Oc1cc(C(F)(F)F)cnc1Nc1nc(-c2ccc(OC3COC3)cn2)ns1. The Morgan fingerprint density at radius 1 is 1.26 bits per heavy atom. The fraction of sp³-hybridized carbons (Fsp3) is 0.235. The Balaban J connectivity index is 1.51. The molecule has 0 radical (unpaired) electrons. The molecule has 3 N–H and O–H groups in total. The van der Waals surface area contributed by atoms with Crippen LogP contribution in [0.3, 0.4) is 0 Å². The van der Waals surface area contributed by atoms with E-state index in [1.165, 1.54) is 6.20 Å². The van der Waals surface area contributed by atoms with Gasteiger partial charge in [-0.05, 0) is 18.2 Å². The van der Waals surface area contributed by atoms with Crippen LogP contribution >= 0.6 is 11.5 Å². The van der Waals surface area contributed by atoms with Gasteiger partial charge in [-0.15, -0.1) is 0 Å². The molecule has 31 heavy (non-hydrogen) atoms. The van der Waals surface area contributed by atoms with Crippen LogP contribution in [0.5, 0.6) is 11.5 Å². The molecule has 0 unspecified atom stereocenters. The zero-order chi connectivity index (χ0) is 22.0. The molecule has 0 spiro atoms. The van der Waals surface area contributed by atoms with E-state index in [0.717, 1.165) is 11.5 Å². The van der Waals surface area contributed by atoms with Crippen LogP contribution in [-0.4, -0.2) is 44.7 Å². The van der Waals surface area contributed by atoms with Crippen molar-refractivity contribution in [3.8, 4) is 23.0 Å². The van der Waals surface area contributed by atoms with Gasteiger partial charge in [-0.1, -0.05) is 0 Å². The van der Waals surface area contributed by atoms with E-state index in [1.54, 1.807) is 12.1 Å². The van der Waals surface area contributed by atoms with Gasteiger partial charge in [0.1, 0.15) is 17.5 Å². The van der Waals surface area contributed by atoms with Crippen LogP contribution in [0.2, 0.25) is 0 Å². The lowest BCUT2D eigenvalue weighted by atomic mass is 10.2.